The van der Waals surface area contributed by atoms with Gasteiger partial charge in [0.1, 0.15) is 6.10 Å². The van der Waals surface area contributed by atoms with E-state index in [-0.39, 0.29) is 12.2 Å². The molecule has 2 aliphatic heterocycles. The van der Waals surface area contributed by atoms with Crippen LogP contribution in [0.2, 0.25) is 0 Å². The minimum Gasteiger partial charge on any atom is -0.374 e. The highest BCUT2D eigenvalue weighted by Crippen LogP contribution is 2.31. The zero-order valence-electron chi connectivity index (χ0n) is 11.8. The number of hydrogen-bond acceptors (Lipinski definition) is 4. The van der Waals surface area contributed by atoms with Crippen molar-refractivity contribution in [2.75, 3.05) is 19.8 Å². The van der Waals surface area contributed by atoms with Gasteiger partial charge in [-0.1, -0.05) is 0 Å². The molecule has 1 aromatic heterocycles. The predicted octanol–water partition coefficient (Wildman–Crippen LogP) is 1.19. The Balaban J connectivity index is 1.70. The zero-order chi connectivity index (χ0) is 13.2. The average Bonchev–Trinajstić information content (AvgIpc) is 2.97. The first-order valence-electron chi connectivity index (χ1n) is 7.22. The Hall–Kier alpha value is -0.910. The first-order valence-corrected chi connectivity index (χ1v) is 7.22. The van der Waals surface area contributed by atoms with E-state index in [1.165, 1.54) is 12.0 Å². The lowest BCUT2D eigenvalue weighted by molar-refractivity contribution is -0.0749. The first kappa shape index (κ1) is 13.1. The minimum absolute atomic E-state index is 0.229. The summed E-state index contributed by atoms with van der Waals surface area (Å²) in [7, 11) is 1.96. The Morgan fingerprint density at radius 3 is 3.16 bits per heavy atom. The summed E-state index contributed by atoms with van der Waals surface area (Å²) in [5, 5.41) is 4.25. The Bertz CT molecular complexity index is 421. The van der Waals surface area contributed by atoms with E-state index in [4.69, 9.17) is 9.47 Å². The minimum atomic E-state index is 0.229. The fourth-order valence-electron chi connectivity index (χ4n) is 3.33. The van der Waals surface area contributed by atoms with Crippen LogP contribution in [-0.2, 0) is 23.1 Å². The van der Waals surface area contributed by atoms with E-state index in [1.54, 1.807) is 0 Å². The van der Waals surface area contributed by atoms with Crippen LogP contribution in [0.3, 0.4) is 0 Å². The number of rotatable bonds is 4. The molecule has 1 aromatic rings. The van der Waals surface area contributed by atoms with Crippen LogP contribution in [0.15, 0.2) is 12.4 Å². The van der Waals surface area contributed by atoms with Gasteiger partial charge in [-0.15, -0.1) is 0 Å². The molecule has 5 nitrogen and oxygen atoms in total. The number of fused-ring (bicyclic) bond motifs is 1. The summed E-state index contributed by atoms with van der Waals surface area (Å²) in [6, 6.07) is 0.505. The van der Waals surface area contributed by atoms with Crippen molar-refractivity contribution in [1.29, 1.82) is 0 Å². The Morgan fingerprint density at radius 2 is 2.42 bits per heavy atom. The highest BCUT2D eigenvalue weighted by molar-refractivity contribution is 5.07. The molecule has 0 saturated carbocycles. The maximum Gasteiger partial charge on any atom is 0.100 e. The monoisotopic (exact) mass is 265 g/mol. The van der Waals surface area contributed by atoms with Gasteiger partial charge in [-0.2, -0.15) is 5.10 Å². The molecular weight excluding hydrogens is 242 g/mol. The Labute approximate surface area is 114 Å². The van der Waals surface area contributed by atoms with Gasteiger partial charge in [-0.3, -0.25) is 9.58 Å². The summed E-state index contributed by atoms with van der Waals surface area (Å²) in [4.78, 5) is 2.50. The molecule has 2 fully saturated rings. The number of aryl methyl sites for hydroxylation is 1. The van der Waals surface area contributed by atoms with Crippen molar-refractivity contribution in [1.82, 2.24) is 14.7 Å². The molecule has 0 amide bonds. The van der Waals surface area contributed by atoms with E-state index in [0.717, 1.165) is 32.7 Å². The van der Waals surface area contributed by atoms with Gasteiger partial charge in [0, 0.05) is 51.2 Å². The molecule has 0 aromatic carbocycles. The van der Waals surface area contributed by atoms with Crippen molar-refractivity contribution in [2.24, 2.45) is 7.05 Å². The molecule has 0 spiro atoms. The van der Waals surface area contributed by atoms with Crippen molar-refractivity contribution < 1.29 is 9.47 Å². The van der Waals surface area contributed by atoms with E-state index in [1.807, 2.05) is 17.9 Å². The third kappa shape index (κ3) is 2.68. The third-order valence-electron chi connectivity index (χ3n) is 4.11. The maximum atomic E-state index is 5.95. The molecule has 3 heterocycles. The fourth-order valence-corrected chi connectivity index (χ4v) is 3.33. The number of aromatic nitrogens is 2. The van der Waals surface area contributed by atoms with Crippen molar-refractivity contribution >= 4 is 0 Å². The smallest absolute Gasteiger partial charge is 0.100 e. The molecule has 0 bridgehead atoms. The van der Waals surface area contributed by atoms with Crippen LogP contribution < -0.4 is 0 Å². The van der Waals surface area contributed by atoms with Crippen molar-refractivity contribution in [3.63, 3.8) is 0 Å². The molecule has 0 unspecified atom stereocenters. The van der Waals surface area contributed by atoms with Gasteiger partial charge in [0.2, 0.25) is 0 Å². The van der Waals surface area contributed by atoms with E-state index in [0.29, 0.717) is 6.04 Å². The number of hydrogen-bond donors (Lipinski definition) is 0. The van der Waals surface area contributed by atoms with Gasteiger partial charge in [0.05, 0.1) is 12.3 Å². The van der Waals surface area contributed by atoms with Gasteiger partial charge in [0.15, 0.2) is 0 Å². The summed E-state index contributed by atoms with van der Waals surface area (Å²) in [6.07, 6.45) is 6.90. The normalized spacial score (nSPS) is 31.6. The van der Waals surface area contributed by atoms with E-state index in [9.17, 15) is 0 Å². The highest BCUT2D eigenvalue weighted by Gasteiger charge is 2.44. The molecule has 2 aliphatic rings. The second-order valence-electron chi connectivity index (χ2n) is 5.49. The summed E-state index contributed by atoms with van der Waals surface area (Å²) in [6.45, 7) is 5.62. The summed E-state index contributed by atoms with van der Waals surface area (Å²) >= 11 is 0. The molecule has 3 rings (SSSR count). The van der Waals surface area contributed by atoms with E-state index < -0.39 is 0 Å². The van der Waals surface area contributed by atoms with Crippen LogP contribution >= 0.6 is 0 Å². The lowest BCUT2D eigenvalue weighted by atomic mass is 10.0. The van der Waals surface area contributed by atoms with Gasteiger partial charge in [-0.05, 0) is 19.8 Å². The molecule has 0 aliphatic carbocycles. The second kappa shape index (κ2) is 5.61. The molecule has 19 heavy (non-hydrogen) atoms. The summed E-state index contributed by atoms with van der Waals surface area (Å²) in [5.41, 5.74) is 1.27. The van der Waals surface area contributed by atoms with Crippen molar-refractivity contribution in [3.05, 3.63) is 18.0 Å². The molecule has 0 N–H and O–H groups in total. The lowest BCUT2D eigenvalue weighted by Gasteiger charge is -2.32. The van der Waals surface area contributed by atoms with Crippen LogP contribution in [0.5, 0.6) is 0 Å². The van der Waals surface area contributed by atoms with Gasteiger partial charge < -0.3 is 9.47 Å². The molecule has 0 radical (unpaired) electrons. The van der Waals surface area contributed by atoms with Crippen molar-refractivity contribution in [3.8, 4) is 0 Å². The van der Waals surface area contributed by atoms with Crippen molar-refractivity contribution in [2.45, 2.75) is 44.6 Å². The van der Waals surface area contributed by atoms with E-state index in [2.05, 4.69) is 23.1 Å². The topological polar surface area (TPSA) is 39.5 Å². The number of nitrogens with zero attached hydrogens (tertiary/aromatic N) is 3. The molecule has 106 valence electrons. The fraction of sp³-hybridized carbons (Fsp3) is 0.786. The largest absolute Gasteiger partial charge is 0.374 e. The Morgan fingerprint density at radius 1 is 1.53 bits per heavy atom. The lowest BCUT2D eigenvalue weighted by Crippen LogP contribution is -2.41. The van der Waals surface area contributed by atoms with E-state index >= 15 is 0 Å². The van der Waals surface area contributed by atoms with Crippen LogP contribution in [0.25, 0.3) is 0 Å². The van der Waals surface area contributed by atoms with Crippen LogP contribution in [-0.4, -0.2) is 52.7 Å². The SMILES string of the molecule is CCO[C@@H]1CN(Cc2cnn(C)c2)[C@H]2CCCO[C@@H]12. The molecule has 2 saturated heterocycles. The molecule has 5 heteroatoms. The second-order valence-corrected chi connectivity index (χ2v) is 5.49. The van der Waals surface area contributed by atoms with Crippen LogP contribution in [0, 0.1) is 0 Å². The summed E-state index contributed by atoms with van der Waals surface area (Å²) in [5.74, 6) is 0. The zero-order valence-corrected chi connectivity index (χ0v) is 11.8. The van der Waals surface area contributed by atoms with Gasteiger partial charge in [-0.25, -0.2) is 0 Å². The maximum absolute atomic E-state index is 5.95. The molecule has 3 atom stereocenters. The van der Waals surface area contributed by atoms with Crippen LogP contribution in [0.4, 0.5) is 0 Å². The third-order valence-corrected chi connectivity index (χ3v) is 4.11. The molecular formula is C14H23N3O2. The summed E-state index contributed by atoms with van der Waals surface area (Å²) < 4.78 is 13.7. The van der Waals surface area contributed by atoms with Gasteiger partial charge >= 0.3 is 0 Å². The average molecular weight is 265 g/mol. The first-order chi connectivity index (χ1) is 9.28. The number of likely N-dealkylation sites (tertiary alicyclic amines) is 1. The van der Waals surface area contributed by atoms with Gasteiger partial charge in [0.25, 0.3) is 0 Å². The number of ether oxygens (including phenoxy) is 2. The Kier molecular flexibility index (Phi) is 3.86. The highest BCUT2D eigenvalue weighted by atomic mass is 16.5. The predicted molar refractivity (Wildman–Crippen MR) is 71.8 cm³/mol. The van der Waals surface area contributed by atoms with Crippen LogP contribution in [0.1, 0.15) is 25.3 Å². The standard InChI is InChI=1S/C14H23N3O2/c1-3-18-13-10-17(9-11-7-15-16(2)8-11)12-5-4-6-19-14(12)13/h7-8,12-14H,3-6,9-10H2,1-2H3/t12-,13+,14+/m0/s1. The quantitative estimate of drug-likeness (QED) is 0.820.